The van der Waals surface area contributed by atoms with Crippen molar-refractivity contribution in [2.45, 2.75) is 19.6 Å². The smallest absolute Gasteiger partial charge is 0.138 e. The topological polar surface area (TPSA) is 82.9 Å². The van der Waals surface area contributed by atoms with Crippen LogP contribution in [0.15, 0.2) is 48.8 Å². The molecule has 1 aliphatic rings. The van der Waals surface area contributed by atoms with Crippen molar-refractivity contribution in [1.82, 2.24) is 15.3 Å². The molecule has 3 aromatic heterocycles. The van der Waals surface area contributed by atoms with Crippen molar-refractivity contribution in [1.29, 1.82) is 5.26 Å². The fourth-order valence-corrected chi connectivity index (χ4v) is 5.08. The van der Waals surface area contributed by atoms with Crippen LogP contribution in [0.25, 0.3) is 10.2 Å². The molecule has 0 fully saturated rings. The highest BCUT2D eigenvalue weighted by Gasteiger charge is 2.21. The molecular weight excluding hydrogens is 430 g/mol. The van der Waals surface area contributed by atoms with Crippen LogP contribution in [-0.2, 0) is 19.6 Å². The molecule has 6 nitrogen and oxygen atoms in total. The summed E-state index contributed by atoms with van der Waals surface area (Å²) in [6.45, 7) is 2.10. The summed E-state index contributed by atoms with van der Waals surface area (Å²) in [5, 5.41) is 18.0. The molecule has 0 amide bonds. The number of nitrogens with one attached hydrogen (secondary N) is 2. The van der Waals surface area contributed by atoms with Crippen molar-refractivity contribution < 1.29 is 4.74 Å². The maximum absolute atomic E-state index is 9.68. The van der Waals surface area contributed by atoms with Crippen LogP contribution in [-0.4, -0.2) is 16.5 Å². The molecule has 1 aromatic carbocycles. The molecule has 0 spiro atoms. The van der Waals surface area contributed by atoms with Crippen LogP contribution in [0.4, 0.5) is 11.4 Å². The monoisotopic (exact) mass is 447 g/mol. The minimum atomic E-state index is 0.339. The number of halogens is 1. The summed E-state index contributed by atoms with van der Waals surface area (Å²) in [4.78, 5) is 11.0. The summed E-state index contributed by atoms with van der Waals surface area (Å²) < 4.78 is 5.82. The number of pyridine rings is 2. The first kappa shape index (κ1) is 19.8. The predicted octanol–water partition coefficient (Wildman–Crippen LogP) is 5.18. The van der Waals surface area contributed by atoms with E-state index in [2.05, 4.69) is 26.7 Å². The van der Waals surface area contributed by atoms with Gasteiger partial charge in [0, 0.05) is 34.9 Å². The van der Waals surface area contributed by atoms with Gasteiger partial charge in [0.15, 0.2) is 0 Å². The number of anilines is 2. The maximum Gasteiger partial charge on any atom is 0.138 e. The molecule has 0 saturated carbocycles. The number of rotatable bonds is 5. The van der Waals surface area contributed by atoms with Crippen LogP contribution in [0.3, 0.4) is 0 Å². The fourth-order valence-electron chi connectivity index (χ4n) is 3.68. The zero-order chi connectivity index (χ0) is 21.2. The van der Waals surface area contributed by atoms with E-state index in [-0.39, 0.29) is 0 Å². The zero-order valence-corrected chi connectivity index (χ0v) is 18.1. The maximum atomic E-state index is 9.68. The highest BCUT2D eigenvalue weighted by Crippen LogP contribution is 2.40. The van der Waals surface area contributed by atoms with Gasteiger partial charge in [-0.05, 0) is 48.9 Å². The summed E-state index contributed by atoms with van der Waals surface area (Å²) in [7, 11) is 0. The van der Waals surface area contributed by atoms with E-state index in [0.29, 0.717) is 22.9 Å². The molecule has 2 N–H and O–H groups in total. The Labute approximate surface area is 188 Å². The Kier molecular flexibility index (Phi) is 5.43. The number of thiophene rings is 1. The lowest BCUT2D eigenvalue weighted by molar-refractivity contribution is 0.301. The summed E-state index contributed by atoms with van der Waals surface area (Å²) in [5.41, 5.74) is 4.18. The first-order chi connectivity index (χ1) is 15.2. The largest absolute Gasteiger partial charge is 0.486 e. The summed E-state index contributed by atoms with van der Waals surface area (Å²) in [5.74, 6) is 0.581. The highest BCUT2D eigenvalue weighted by atomic mass is 35.5. The van der Waals surface area contributed by atoms with Gasteiger partial charge in [-0.25, -0.2) is 4.98 Å². The quantitative estimate of drug-likeness (QED) is 0.438. The standard InChI is InChI=1S/C23H18ClN5OS/c24-18-9-15(4-5-19(18)30-13-16-3-1-2-7-27-16)29-22-14(10-25)11-28-23-21(22)17-6-8-26-12-20(17)31-23/h1-5,7,9,11,26H,6,8,12-13H2,(H,28,29). The molecule has 0 unspecified atom stereocenters. The second-order valence-corrected chi connectivity index (χ2v) is 8.64. The van der Waals surface area contributed by atoms with Crippen molar-refractivity contribution in [3.63, 3.8) is 0 Å². The Morgan fingerprint density at radius 1 is 1.26 bits per heavy atom. The summed E-state index contributed by atoms with van der Waals surface area (Å²) in [6, 6.07) is 13.5. The predicted molar refractivity (Wildman–Crippen MR) is 123 cm³/mol. The Balaban J connectivity index is 1.45. The number of nitriles is 1. The van der Waals surface area contributed by atoms with Crippen LogP contribution in [0.2, 0.25) is 5.02 Å². The average molecular weight is 448 g/mol. The van der Waals surface area contributed by atoms with Crippen LogP contribution in [0.5, 0.6) is 5.75 Å². The molecule has 0 aliphatic carbocycles. The molecule has 8 heteroatoms. The number of ether oxygens (including phenoxy) is 1. The van der Waals surface area contributed by atoms with Gasteiger partial charge in [-0.1, -0.05) is 17.7 Å². The van der Waals surface area contributed by atoms with Crippen molar-refractivity contribution >= 4 is 44.5 Å². The van der Waals surface area contributed by atoms with E-state index >= 15 is 0 Å². The molecule has 154 valence electrons. The Bertz CT molecular complexity index is 1300. The van der Waals surface area contributed by atoms with Crippen molar-refractivity contribution in [3.8, 4) is 11.8 Å². The lowest BCUT2D eigenvalue weighted by Crippen LogP contribution is -2.22. The van der Waals surface area contributed by atoms with E-state index < -0.39 is 0 Å². The number of nitrogens with zero attached hydrogens (tertiary/aromatic N) is 3. The van der Waals surface area contributed by atoms with Gasteiger partial charge in [-0.2, -0.15) is 5.26 Å². The lowest BCUT2D eigenvalue weighted by atomic mass is 10.0. The molecule has 0 saturated heterocycles. The molecule has 1 aliphatic heterocycles. The van der Waals surface area contributed by atoms with E-state index in [0.717, 1.165) is 46.8 Å². The Hall–Kier alpha value is -3.18. The number of hydrogen-bond donors (Lipinski definition) is 2. The van der Waals surface area contributed by atoms with Crippen LogP contribution in [0, 0.1) is 11.3 Å². The summed E-state index contributed by atoms with van der Waals surface area (Å²) in [6.07, 6.45) is 4.28. The van der Waals surface area contributed by atoms with Crippen LogP contribution >= 0.6 is 22.9 Å². The van der Waals surface area contributed by atoms with Gasteiger partial charge < -0.3 is 15.4 Å². The third kappa shape index (κ3) is 3.93. The second-order valence-electron chi connectivity index (χ2n) is 7.15. The van der Waals surface area contributed by atoms with E-state index in [9.17, 15) is 5.26 Å². The number of aromatic nitrogens is 2. The minimum absolute atomic E-state index is 0.339. The minimum Gasteiger partial charge on any atom is -0.486 e. The molecule has 5 rings (SSSR count). The number of fused-ring (bicyclic) bond motifs is 3. The summed E-state index contributed by atoms with van der Waals surface area (Å²) >= 11 is 8.16. The van der Waals surface area contributed by atoms with Crippen molar-refractivity contribution in [2.75, 3.05) is 11.9 Å². The third-order valence-electron chi connectivity index (χ3n) is 5.16. The first-order valence-electron chi connectivity index (χ1n) is 9.86. The first-order valence-corrected chi connectivity index (χ1v) is 11.1. The van der Waals surface area contributed by atoms with Gasteiger partial charge in [-0.3, -0.25) is 4.98 Å². The molecule has 31 heavy (non-hydrogen) atoms. The molecule has 4 aromatic rings. The number of benzene rings is 1. The number of hydrogen-bond acceptors (Lipinski definition) is 7. The molecule has 4 heterocycles. The normalized spacial score (nSPS) is 12.9. The van der Waals surface area contributed by atoms with Gasteiger partial charge in [0.05, 0.1) is 22.0 Å². The Morgan fingerprint density at radius 2 is 2.19 bits per heavy atom. The van der Waals surface area contributed by atoms with E-state index in [4.69, 9.17) is 16.3 Å². The zero-order valence-electron chi connectivity index (χ0n) is 16.5. The molecule has 0 radical (unpaired) electrons. The Morgan fingerprint density at radius 3 is 3.00 bits per heavy atom. The van der Waals surface area contributed by atoms with E-state index in [1.165, 1.54) is 10.4 Å². The van der Waals surface area contributed by atoms with E-state index in [1.807, 2.05) is 36.4 Å². The van der Waals surface area contributed by atoms with Gasteiger partial charge in [0.25, 0.3) is 0 Å². The average Bonchev–Trinajstić information content (AvgIpc) is 3.18. The fraction of sp³-hybridized carbons (Fsp3) is 0.174. The van der Waals surface area contributed by atoms with Gasteiger partial charge in [0.2, 0.25) is 0 Å². The van der Waals surface area contributed by atoms with Gasteiger partial charge >= 0.3 is 0 Å². The van der Waals surface area contributed by atoms with Crippen LogP contribution in [0.1, 0.15) is 21.7 Å². The van der Waals surface area contributed by atoms with Gasteiger partial charge in [-0.15, -0.1) is 11.3 Å². The van der Waals surface area contributed by atoms with Crippen molar-refractivity contribution in [3.05, 3.63) is 75.5 Å². The third-order valence-corrected chi connectivity index (χ3v) is 6.60. The van der Waals surface area contributed by atoms with Crippen LogP contribution < -0.4 is 15.4 Å². The SMILES string of the molecule is N#Cc1cnc2sc3c(c2c1Nc1ccc(OCc2ccccn2)c(Cl)c1)CCNC3. The van der Waals surface area contributed by atoms with E-state index in [1.54, 1.807) is 23.7 Å². The van der Waals surface area contributed by atoms with Gasteiger partial charge in [0.1, 0.15) is 23.3 Å². The molecule has 0 bridgehead atoms. The highest BCUT2D eigenvalue weighted by molar-refractivity contribution is 7.19. The lowest BCUT2D eigenvalue weighted by Gasteiger charge is -2.16. The molecule has 0 atom stereocenters. The molecular formula is C23H18ClN5OS. The van der Waals surface area contributed by atoms with Crippen molar-refractivity contribution in [2.24, 2.45) is 0 Å². The second kappa shape index (κ2) is 8.52.